The minimum atomic E-state index is -0.929. The third kappa shape index (κ3) is 4.59. The van der Waals surface area contributed by atoms with Crippen molar-refractivity contribution < 1.29 is 9.90 Å². The van der Waals surface area contributed by atoms with E-state index in [0.717, 1.165) is 55.5 Å². The van der Waals surface area contributed by atoms with Crippen molar-refractivity contribution in [1.82, 2.24) is 15.3 Å². The van der Waals surface area contributed by atoms with Gasteiger partial charge in [-0.25, -0.2) is 14.8 Å². The molecule has 7 heteroatoms. The summed E-state index contributed by atoms with van der Waals surface area (Å²) in [5.41, 5.74) is 3.49. The molecule has 1 aliphatic rings. The second-order valence-electron chi connectivity index (χ2n) is 6.09. The highest BCUT2D eigenvalue weighted by molar-refractivity contribution is 6.30. The molecular weight excluding hydrogens is 352 g/mol. The van der Waals surface area contributed by atoms with Crippen LogP contribution < -0.4 is 10.2 Å². The number of aliphatic carboxylic acids is 1. The van der Waals surface area contributed by atoms with E-state index in [0.29, 0.717) is 11.6 Å². The summed E-state index contributed by atoms with van der Waals surface area (Å²) >= 11 is 6.24. The van der Waals surface area contributed by atoms with E-state index in [1.165, 1.54) is 5.56 Å². The highest BCUT2D eigenvalue weighted by Gasteiger charge is 2.21. The molecule has 0 bridgehead atoms. The first-order chi connectivity index (χ1) is 12.6. The van der Waals surface area contributed by atoms with Gasteiger partial charge in [-0.15, -0.1) is 0 Å². The van der Waals surface area contributed by atoms with Crippen LogP contribution in [0.3, 0.4) is 0 Å². The van der Waals surface area contributed by atoms with Gasteiger partial charge in [-0.3, -0.25) is 0 Å². The lowest BCUT2D eigenvalue weighted by molar-refractivity contribution is -0.131. The first kappa shape index (κ1) is 18.4. The van der Waals surface area contributed by atoms with Crippen molar-refractivity contribution in [3.05, 3.63) is 59.0 Å². The number of nitrogens with zero attached hydrogens (tertiary/aromatic N) is 3. The number of carbonyl (C=O) groups is 1. The lowest BCUT2D eigenvalue weighted by Gasteiger charge is -2.25. The summed E-state index contributed by atoms with van der Waals surface area (Å²) in [6.45, 7) is 2.09. The summed E-state index contributed by atoms with van der Waals surface area (Å²) in [7, 11) is 0. The summed E-state index contributed by atoms with van der Waals surface area (Å²) in [6.07, 6.45) is 8.94. The monoisotopic (exact) mass is 372 g/mol. The number of benzene rings is 1. The normalized spacial score (nSPS) is 13.3. The highest BCUT2D eigenvalue weighted by atomic mass is 35.5. The van der Waals surface area contributed by atoms with E-state index in [2.05, 4.69) is 26.3 Å². The highest BCUT2D eigenvalue weighted by Crippen LogP contribution is 2.35. The predicted octanol–water partition coefficient (Wildman–Crippen LogP) is 2.99. The first-order valence-electron chi connectivity index (χ1n) is 8.60. The number of hydrogen-bond acceptors (Lipinski definition) is 5. The molecule has 2 aromatic rings. The Kier molecular flexibility index (Phi) is 6.20. The molecule has 0 saturated heterocycles. The minimum Gasteiger partial charge on any atom is -0.478 e. The Bertz CT molecular complexity index is 810. The standard InChI is InChI=1S/C19H21ClN4O2/c20-16-7-6-14-4-5-15-12-22-13-23-19(15)24(17(14)11-16)10-2-9-21-8-1-3-18(25)26/h1,3,6-7,11-13,21H,2,4-5,8-10H2,(H,25,26)/b3-1+. The van der Waals surface area contributed by atoms with E-state index in [4.69, 9.17) is 16.7 Å². The number of hydrogen-bond donors (Lipinski definition) is 2. The Labute approximate surface area is 157 Å². The molecule has 0 spiro atoms. The number of rotatable bonds is 7. The smallest absolute Gasteiger partial charge is 0.328 e. The third-order valence-corrected chi connectivity index (χ3v) is 4.51. The summed E-state index contributed by atoms with van der Waals surface area (Å²) in [5, 5.41) is 12.5. The van der Waals surface area contributed by atoms with E-state index in [1.807, 2.05) is 18.3 Å². The van der Waals surface area contributed by atoms with Gasteiger partial charge in [-0.05, 0) is 43.5 Å². The molecule has 0 fully saturated rings. The van der Waals surface area contributed by atoms with Gasteiger partial charge in [0, 0.05) is 41.6 Å². The van der Waals surface area contributed by atoms with Crippen molar-refractivity contribution in [3.8, 4) is 0 Å². The zero-order valence-electron chi connectivity index (χ0n) is 14.4. The summed E-state index contributed by atoms with van der Waals surface area (Å²) < 4.78 is 0. The molecule has 26 heavy (non-hydrogen) atoms. The van der Waals surface area contributed by atoms with Crippen molar-refractivity contribution in [3.63, 3.8) is 0 Å². The van der Waals surface area contributed by atoms with Crippen LogP contribution >= 0.6 is 11.6 Å². The second-order valence-corrected chi connectivity index (χ2v) is 6.53. The Morgan fingerprint density at radius 3 is 3.04 bits per heavy atom. The molecule has 0 saturated carbocycles. The molecule has 6 nitrogen and oxygen atoms in total. The van der Waals surface area contributed by atoms with Gasteiger partial charge < -0.3 is 15.3 Å². The first-order valence-corrected chi connectivity index (χ1v) is 8.98. The lowest BCUT2D eigenvalue weighted by Crippen LogP contribution is -2.25. The number of carboxylic acid groups (broad SMARTS) is 1. The number of halogens is 1. The maximum Gasteiger partial charge on any atom is 0.328 e. The molecule has 1 aromatic carbocycles. The maximum absolute atomic E-state index is 10.4. The number of aromatic nitrogens is 2. The molecule has 0 atom stereocenters. The fourth-order valence-electron chi connectivity index (χ4n) is 3.09. The fraction of sp³-hybridized carbons (Fsp3) is 0.316. The Morgan fingerprint density at radius 2 is 2.19 bits per heavy atom. The molecule has 0 unspecified atom stereocenters. The minimum absolute atomic E-state index is 0.535. The van der Waals surface area contributed by atoms with Crippen molar-refractivity contribution in [1.29, 1.82) is 0 Å². The van der Waals surface area contributed by atoms with E-state index >= 15 is 0 Å². The number of anilines is 2. The summed E-state index contributed by atoms with van der Waals surface area (Å²) in [5.74, 6) is 0.00735. The number of carboxylic acids is 1. The zero-order valence-corrected chi connectivity index (χ0v) is 15.1. The van der Waals surface area contributed by atoms with Gasteiger partial charge in [-0.1, -0.05) is 23.7 Å². The van der Waals surface area contributed by atoms with E-state index in [-0.39, 0.29) is 0 Å². The number of aryl methyl sites for hydroxylation is 2. The largest absolute Gasteiger partial charge is 0.478 e. The van der Waals surface area contributed by atoms with Gasteiger partial charge in [0.2, 0.25) is 0 Å². The van der Waals surface area contributed by atoms with Crippen molar-refractivity contribution >= 4 is 29.1 Å². The molecule has 2 N–H and O–H groups in total. The van der Waals surface area contributed by atoms with Gasteiger partial charge in [0.05, 0.1) is 0 Å². The van der Waals surface area contributed by atoms with Crippen molar-refractivity contribution in [2.24, 2.45) is 0 Å². The topological polar surface area (TPSA) is 78.4 Å². The Hall–Kier alpha value is -2.44. The molecule has 0 radical (unpaired) electrons. The molecule has 2 heterocycles. The van der Waals surface area contributed by atoms with Crippen molar-refractivity contribution in [2.45, 2.75) is 19.3 Å². The lowest BCUT2D eigenvalue weighted by atomic mass is 10.1. The molecule has 1 aliphatic heterocycles. The van der Waals surface area contributed by atoms with Gasteiger partial charge in [0.25, 0.3) is 0 Å². The van der Waals surface area contributed by atoms with Gasteiger partial charge in [-0.2, -0.15) is 0 Å². The molecule has 1 aromatic heterocycles. The summed E-state index contributed by atoms with van der Waals surface area (Å²) in [4.78, 5) is 21.3. The zero-order chi connectivity index (χ0) is 18.4. The third-order valence-electron chi connectivity index (χ3n) is 4.28. The molecular formula is C19H21ClN4O2. The molecule has 3 rings (SSSR count). The van der Waals surface area contributed by atoms with Crippen LogP contribution in [-0.4, -0.2) is 40.7 Å². The number of fused-ring (bicyclic) bond motifs is 2. The quantitative estimate of drug-likeness (QED) is 0.574. The molecule has 0 aliphatic carbocycles. The predicted molar refractivity (Wildman–Crippen MR) is 102 cm³/mol. The van der Waals surface area contributed by atoms with Crippen LogP contribution in [0.5, 0.6) is 0 Å². The van der Waals surface area contributed by atoms with Gasteiger partial charge in [0.1, 0.15) is 12.1 Å². The van der Waals surface area contributed by atoms with Crippen LogP contribution in [0.1, 0.15) is 17.5 Å². The van der Waals surface area contributed by atoms with E-state index in [9.17, 15) is 4.79 Å². The molecule has 136 valence electrons. The van der Waals surface area contributed by atoms with Crippen LogP contribution in [0.15, 0.2) is 42.9 Å². The average molecular weight is 373 g/mol. The maximum atomic E-state index is 10.4. The van der Waals surface area contributed by atoms with E-state index < -0.39 is 5.97 Å². The van der Waals surface area contributed by atoms with Crippen LogP contribution in [0.25, 0.3) is 0 Å². The average Bonchev–Trinajstić information content (AvgIpc) is 2.78. The van der Waals surface area contributed by atoms with Crippen molar-refractivity contribution in [2.75, 3.05) is 24.5 Å². The molecule has 0 amide bonds. The fourth-order valence-corrected chi connectivity index (χ4v) is 3.25. The Morgan fingerprint density at radius 1 is 1.35 bits per heavy atom. The van der Waals surface area contributed by atoms with Gasteiger partial charge in [0.15, 0.2) is 0 Å². The Balaban J connectivity index is 1.71. The van der Waals surface area contributed by atoms with Crippen LogP contribution in [0.2, 0.25) is 5.02 Å². The van der Waals surface area contributed by atoms with Crippen LogP contribution in [0, 0.1) is 0 Å². The second kappa shape index (κ2) is 8.78. The van der Waals surface area contributed by atoms with Gasteiger partial charge >= 0.3 is 5.97 Å². The van der Waals surface area contributed by atoms with Crippen LogP contribution in [-0.2, 0) is 17.6 Å². The van der Waals surface area contributed by atoms with Crippen LogP contribution in [0.4, 0.5) is 11.5 Å². The number of nitrogens with one attached hydrogen (secondary N) is 1. The van der Waals surface area contributed by atoms with E-state index in [1.54, 1.807) is 12.4 Å². The summed E-state index contributed by atoms with van der Waals surface area (Å²) in [6, 6.07) is 6.01. The SMILES string of the molecule is O=C(O)/C=C/CNCCCN1c2cc(Cl)ccc2CCc2cncnc21.